The van der Waals surface area contributed by atoms with E-state index in [0.717, 1.165) is 5.69 Å². The molecule has 0 aliphatic heterocycles. The van der Waals surface area contributed by atoms with E-state index in [9.17, 15) is 4.39 Å². The fourth-order valence-corrected chi connectivity index (χ4v) is 1.81. The largest absolute Gasteiger partial charge is 0.327 e. The number of nitrogens with two attached hydrogens (primary N) is 1. The van der Waals surface area contributed by atoms with Crippen molar-refractivity contribution >= 4 is 0 Å². The molecule has 2 rings (SSSR count). The van der Waals surface area contributed by atoms with Crippen LogP contribution in [-0.2, 0) is 12.8 Å². The SMILES string of the molecule is NC(Cc1ccccn1)Cc1ccccc1F. The molecule has 0 saturated carbocycles. The van der Waals surface area contributed by atoms with Gasteiger partial charge in [-0.25, -0.2) is 4.39 Å². The predicted octanol–water partition coefficient (Wildman–Crippen LogP) is 2.33. The summed E-state index contributed by atoms with van der Waals surface area (Å²) in [4.78, 5) is 4.21. The lowest BCUT2D eigenvalue weighted by atomic mass is 10.0. The summed E-state index contributed by atoms with van der Waals surface area (Å²) in [7, 11) is 0. The topological polar surface area (TPSA) is 38.9 Å². The monoisotopic (exact) mass is 230 g/mol. The molecule has 1 aromatic carbocycles. The van der Waals surface area contributed by atoms with Crippen LogP contribution in [0.3, 0.4) is 0 Å². The number of rotatable bonds is 4. The van der Waals surface area contributed by atoms with Crippen LogP contribution in [0.4, 0.5) is 4.39 Å². The Bertz CT molecular complexity index is 471. The van der Waals surface area contributed by atoms with Gasteiger partial charge in [0.1, 0.15) is 5.82 Å². The zero-order valence-corrected chi connectivity index (χ0v) is 9.51. The third-order valence-electron chi connectivity index (χ3n) is 2.64. The Kier molecular flexibility index (Phi) is 3.83. The summed E-state index contributed by atoms with van der Waals surface area (Å²) < 4.78 is 13.4. The maximum absolute atomic E-state index is 13.4. The van der Waals surface area contributed by atoms with Crippen molar-refractivity contribution < 1.29 is 4.39 Å². The molecule has 0 bridgehead atoms. The van der Waals surface area contributed by atoms with Gasteiger partial charge in [-0.15, -0.1) is 0 Å². The van der Waals surface area contributed by atoms with Crippen molar-refractivity contribution in [3.05, 3.63) is 65.7 Å². The predicted molar refractivity (Wildman–Crippen MR) is 66.0 cm³/mol. The number of aromatic nitrogens is 1. The number of pyridine rings is 1. The smallest absolute Gasteiger partial charge is 0.126 e. The highest BCUT2D eigenvalue weighted by molar-refractivity contribution is 5.19. The summed E-state index contributed by atoms with van der Waals surface area (Å²) in [5, 5.41) is 0. The minimum absolute atomic E-state index is 0.109. The fourth-order valence-electron chi connectivity index (χ4n) is 1.81. The van der Waals surface area contributed by atoms with E-state index in [1.54, 1.807) is 18.3 Å². The second-order valence-corrected chi connectivity index (χ2v) is 4.08. The van der Waals surface area contributed by atoms with Crippen LogP contribution in [0.2, 0.25) is 0 Å². The normalized spacial score (nSPS) is 12.4. The maximum atomic E-state index is 13.4. The Morgan fingerprint density at radius 1 is 1.06 bits per heavy atom. The van der Waals surface area contributed by atoms with Gasteiger partial charge >= 0.3 is 0 Å². The maximum Gasteiger partial charge on any atom is 0.126 e. The molecule has 0 spiro atoms. The third-order valence-corrected chi connectivity index (χ3v) is 2.64. The minimum Gasteiger partial charge on any atom is -0.327 e. The van der Waals surface area contributed by atoms with Gasteiger partial charge in [0.25, 0.3) is 0 Å². The van der Waals surface area contributed by atoms with Crippen LogP contribution in [0.5, 0.6) is 0 Å². The van der Waals surface area contributed by atoms with Crippen LogP contribution in [0, 0.1) is 5.82 Å². The summed E-state index contributed by atoms with van der Waals surface area (Å²) in [6.07, 6.45) is 2.93. The highest BCUT2D eigenvalue weighted by Crippen LogP contribution is 2.10. The van der Waals surface area contributed by atoms with Crippen LogP contribution >= 0.6 is 0 Å². The Morgan fingerprint density at radius 3 is 2.53 bits per heavy atom. The van der Waals surface area contributed by atoms with Crippen LogP contribution in [-0.4, -0.2) is 11.0 Å². The van der Waals surface area contributed by atoms with Gasteiger partial charge in [0, 0.05) is 24.4 Å². The van der Waals surface area contributed by atoms with Crippen molar-refractivity contribution in [2.75, 3.05) is 0 Å². The Labute approximate surface area is 100 Å². The van der Waals surface area contributed by atoms with E-state index in [1.807, 2.05) is 24.3 Å². The number of halogens is 1. The van der Waals surface area contributed by atoms with Crippen molar-refractivity contribution in [2.24, 2.45) is 5.73 Å². The van der Waals surface area contributed by atoms with E-state index in [4.69, 9.17) is 5.73 Å². The molecule has 1 heterocycles. The lowest BCUT2D eigenvalue weighted by Gasteiger charge is -2.11. The highest BCUT2D eigenvalue weighted by Gasteiger charge is 2.08. The van der Waals surface area contributed by atoms with Gasteiger partial charge in [-0.3, -0.25) is 4.98 Å². The molecule has 2 N–H and O–H groups in total. The van der Waals surface area contributed by atoms with Gasteiger partial charge in [-0.05, 0) is 30.2 Å². The third kappa shape index (κ3) is 3.36. The molecule has 1 atom stereocenters. The van der Waals surface area contributed by atoms with Crippen molar-refractivity contribution in [2.45, 2.75) is 18.9 Å². The average molecular weight is 230 g/mol. The van der Waals surface area contributed by atoms with Gasteiger partial charge in [0.15, 0.2) is 0 Å². The van der Waals surface area contributed by atoms with Crippen LogP contribution in [0.1, 0.15) is 11.3 Å². The zero-order chi connectivity index (χ0) is 12.1. The molecular formula is C14H15FN2. The molecule has 88 valence electrons. The van der Waals surface area contributed by atoms with Crippen LogP contribution in [0.15, 0.2) is 48.7 Å². The molecule has 0 aliphatic carbocycles. The number of hydrogen-bond acceptors (Lipinski definition) is 2. The van der Waals surface area contributed by atoms with Crippen molar-refractivity contribution in [3.8, 4) is 0 Å². The van der Waals surface area contributed by atoms with Crippen molar-refractivity contribution in [1.29, 1.82) is 0 Å². The molecule has 0 amide bonds. The Morgan fingerprint density at radius 2 is 1.82 bits per heavy atom. The summed E-state index contributed by atoms with van der Waals surface area (Å²) in [6.45, 7) is 0. The summed E-state index contributed by atoms with van der Waals surface area (Å²) >= 11 is 0. The first-order chi connectivity index (χ1) is 8.25. The molecule has 3 heteroatoms. The molecule has 1 unspecified atom stereocenters. The van der Waals surface area contributed by atoms with Gasteiger partial charge in [-0.2, -0.15) is 0 Å². The molecule has 2 aromatic rings. The molecule has 17 heavy (non-hydrogen) atoms. The van der Waals surface area contributed by atoms with E-state index >= 15 is 0 Å². The Hall–Kier alpha value is -1.74. The fraction of sp³-hybridized carbons (Fsp3) is 0.214. The van der Waals surface area contributed by atoms with E-state index in [0.29, 0.717) is 18.4 Å². The van der Waals surface area contributed by atoms with Crippen LogP contribution < -0.4 is 5.73 Å². The van der Waals surface area contributed by atoms with Gasteiger partial charge < -0.3 is 5.73 Å². The van der Waals surface area contributed by atoms with Crippen molar-refractivity contribution in [1.82, 2.24) is 4.98 Å². The second kappa shape index (κ2) is 5.55. The summed E-state index contributed by atoms with van der Waals surface area (Å²) in [6, 6.07) is 12.4. The second-order valence-electron chi connectivity index (χ2n) is 4.08. The first-order valence-corrected chi connectivity index (χ1v) is 5.64. The number of hydrogen-bond donors (Lipinski definition) is 1. The Balaban J connectivity index is 1.98. The number of nitrogens with zero attached hydrogens (tertiary/aromatic N) is 1. The quantitative estimate of drug-likeness (QED) is 0.875. The van der Waals surface area contributed by atoms with E-state index in [1.165, 1.54) is 6.07 Å². The summed E-state index contributed by atoms with van der Waals surface area (Å²) in [5.74, 6) is -0.191. The lowest BCUT2D eigenvalue weighted by Crippen LogP contribution is -2.26. The highest BCUT2D eigenvalue weighted by atomic mass is 19.1. The lowest BCUT2D eigenvalue weighted by molar-refractivity contribution is 0.581. The minimum atomic E-state index is -0.191. The van der Waals surface area contributed by atoms with E-state index in [2.05, 4.69) is 4.98 Å². The van der Waals surface area contributed by atoms with E-state index in [-0.39, 0.29) is 11.9 Å². The molecular weight excluding hydrogens is 215 g/mol. The molecule has 0 aliphatic rings. The first-order valence-electron chi connectivity index (χ1n) is 5.64. The number of benzene rings is 1. The molecule has 2 nitrogen and oxygen atoms in total. The van der Waals surface area contributed by atoms with Crippen LogP contribution in [0.25, 0.3) is 0 Å². The molecule has 0 radical (unpaired) electrons. The standard InChI is InChI=1S/C14H15FN2/c15-14-7-2-1-5-11(14)9-12(16)10-13-6-3-4-8-17-13/h1-8,12H,9-10,16H2. The molecule has 1 aromatic heterocycles. The molecule has 0 fully saturated rings. The zero-order valence-electron chi connectivity index (χ0n) is 9.51. The van der Waals surface area contributed by atoms with Gasteiger partial charge in [-0.1, -0.05) is 24.3 Å². The van der Waals surface area contributed by atoms with Gasteiger partial charge in [0.05, 0.1) is 0 Å². The first kappa shape index (κ1) is 11.7. The van der Waals surface area contributed by atoms with Gasteiger partial charge in [0.2, 0.25) is 0 Å². The molecule has 0 saturated heterocycles. The average Bonchev–Trinajstić information content (AvgIpc) is 2.33. The van der Waals surface area contributed by atoms with E-state index < -0.39 is 0 Å². The summed E-state index contributed by atoms with van der Waals surface area (Å²) in [5.41, 5.74) is 7.60. The van der Waals surface area contributed by atoms with Crippen molar-refractivity contribution in [3.63, 3.8) is 0 Å².